The molecule has 0 aromatic carbocycles. The van der Waals surface area contributed by atoms with Crippen molar-refractivity contribution >= 4 is 29.0 Å². The van der Waals surface area contributed by atoms with E-state index in [-0.39, 0.29) is 5.91 Å². The number of fused-ring (bicyclic) bond motifs is 1. The standard InChI is InChI=1S/C21H27N7O3/c1-12-8-14(16-17-18(23-10-22-16)24-11-27(17)6)9-15(25-12)26-19(29)13(2)28(7)20(30)31-21(3,4)5/h8-11,13H,1-7H3,(H,25,26,29). The van der Waals surface area contributed by atoms with Crippen molar-refractivity contribution in [2.45, 2.75) is 46.3 Å². The minimum atomic E-state index is -0.761. The first-order valence-corrected chi connectivity index (χ1v) is 9.84. The molecule has 0 saturated heterocycles. The Bertz CT molecular complexity index is 1130. The molecule has 0 spiro atoms. The maximum atomic E-state index is 12.8. The molecule has 0 fully saturated rings. The summed E-state index contributed by atoms with van der Waals surface area (Å²) in [6, 6.07) is 2.85. The van der Waals surface area contributed by atoms with Crippen LogP contribution in [0.2, 0.25) is 0 Å². The van der Waals surface area contributed by atoms with Crippen LogP contribution in [0.4, 0.5) is 10.6 Å². The third-order valence-electron chi connectivity index (χ3n) is 4.63. The Balaban J connectivity index is 1.84. The number of rotatable bonds is 4. The number of anilines is 1. The van der Waals surface area contributed by atoms with E-state index in [0.29, 0.717) is 22.9 Å². The maximum Gasteiger partial charge on any atom is 0.410 e. The van der Waals surface area contributed by atoms with Crippen LogP contribution in [0, 0.1) is 6.92 Å². The van der Waals surface area contributed by atoms with Gasteiger partial charge in [-0.2, -0.15) is 0 Å². The molecule has 0 aliphatic rings. The Kier molecular flexibility index (Phi) is 5.92. The zero-order valence-electron chi connectivity index (χ0n) is 18.8. The van der Waals surface area contributed by atoms with E-state index in [0.717, 1.165) is 11.1 Å². The molecule has 1 unspecified atom stereocenters. The Morgan fingerprint density at radius 3 is 2.58 bits per heavy atom. The van der Waals surface area contributed by atoms with Gasteiger partial charge in [-0.3, -0.25) is 9.69 Å². The maximum absolute atomic E-state index is 12.8. The largest absolute Gasteiger partial charge is 0.444 e. The Morgan fingerprint density at radius 1 is 1.19 bits per heavy atom. The van der Waals surface area contributed by atoms with Gasteiger partial charge < -0.3 is 14.6 Å². The van der Waals surface area contributed by atoms with Crippen LogP contribution in [0.1, 0.15) is 33.4 Å². The number of imidazole rings is 1. The first kappa shape index (κ1) is 22.1. The van der Waals surface area contributed by atoms with Crippen molar-refractivity contribution in [3.05, 3.63) is 30.5 Å². The van der Waals surface area contributed by atoms with Gasteiger partial charge in [0.25, 0.3) is 0 Å². The summed E-state index contributed by atoms with van der Waals surface area (Å²) in [7, 11) is 3.39. The zero-order valence-corrected chi connectivity index (χ0v) is 18.8. The second-order valence-electron chi connectivity index (χ2n) is 8.39. The molecule has 2 amide bonds. The minimum absolute atomic E-state index is 0.360. The molecule has 3 aromatic heterocycles. The van der Waals surface area contributed by atoms with Crippen LogP contribution in [0.15, 0.2) is 24.8 Å². The van der Waals surface area contributed by atoms with Crippen LogP contribution in [0.3, 0.4) is 0 Å². The highest BCUT2D eigenvalue weighted by molar-refractivity contribution is 5.96. The summed E-state index contributed by atoms with van der Waals surface area (Å²) in [5.74, 6) is -0.0239. The lowest BCUT2D eigenvalue weighted by atomic mass is 10.1. The van der Waals surface area contributed by atoms with Crippen molar-refractivity contribution in [2.24, 2.45) is 7.05 Å². The van der Waals surface area contributed by atoms with E-state index in [2.05, 4.69) is 25.3 Å². The fourth-order valence-corrected chi connectivity index (χ4v) is 2.97. The molecule has 0 radical (unpaired) electrons. The van der Waals surface area contributed by atoms with E-state index in [1.807, 2.05) is 24.6 Å². The Hall–Kier alpha value is -3.56. The molecule has 1 N–H and O–H groups in total. The lowest BCUT2D eigenvalue weighted by Gasteiger charge is -2.28. The van der Waals surface area contributed by atoms with E-state index in [4.69, 9.17) is 4.74 Å². The first-order chi connectivity index (χ1) is 14.5. The number of amides is 2. The van der Waals surface area contributed by atoms with E-state index in [1.54, 1.807) is 40.1 Å². The molecule has 3 rings (SSSR count). The average Bonchev–Trinajstić information content (AvgIpc) is 3.06. The summed E-state index contributed by atoms with van der Waals surface area (Å²) in [6.45, 7) is 8.77. The van der Waals surface area contributed by atoms with Gasteiger partial charge in [-0.15, -0.1) is 0 Å². The highest BCUT2D eigenvalue weighted by atomic mass is 16.6. The fourth-order valence-electron chi connectivity index (χ4n) is 2.97. The second-order valence-corrected chi connectivity index (χ2v) is 8.39. The molecular formula is C21H27N7O3. The molecule has 164 valence electrons. The van der Waals surface area contributed by atoms with Gasteiger partial charge in [-0.05, 0) is 46.8 Å². The van der Waals surface area contributed by atoms with Gasteiger partial charge in [0.2, 0.25) is 5.91 Å². The number of hydrogen-bond donors (Lipinski definition) is 1. The molecule has 31 heavy (non-hydrogen) atoms. The summed E-state index contributed by atoms with van der Waals surface area (Å²) >= 11 is 0. The SMILES string of the molecule is Cc1cc(-c2ncnc3ncn(C)c23)cc(NC(=O)C(C)N(C)C(=O)OC(C)(C)C)n1. The number of carbonyl (C=O) groups is 2. The smallest absolute Gasteiger partial charge is 0.410 e. The predicted molar refractivity (Wildman–Crippen MR) is 116 cm³/mol. The molecule has 0 aliphatic heterocycles. The van der Waals surface area contributed by atoms with Gasteiger partial charge in [0.15, 0.2) is 5.65 Å². The number of nitrogens with one attached hydrogen (secondary N) is 1. The normalized spacial score (nSPS) is 12.5. The number of aryl methyl sites for hydroxylation is 2. The van der Waals surface area contributed by atoms with Crippen molar-refractivity contribution in [2.75, 3.05) is 12.4 Å². The van der Waals surface area contributed by atoms with Crippen molar-refractivity contribution in [3.8, 4) is 11.3 Å². The van der Waals surface area contributed by atoms with Gasteiger partial charge in [0.05, 0.1) is 12.0 Å². The number of hydrogen-bond acceptors (Lipinski definition) is 7. The van der Waals surface area contributed by atoms with Crippen LogP contribution in [-0.2, 0) is 16.6 Å². The summed E-state index contributed by atoms with van der Waals surface area (Å²) in [5.41, 5.74) is 2.87. The molecule has 3 aromatic rings. The molecule has 10 heteroatoms. The van der Waals surface area contributed by atoms with Gasteiger partial charge in [-0.1, -0.05) is 0 Å². The first-order valence-electron chi connectivity index (χ1n) is 9.84. The molecule has 1 atom stereocenters. The van der Waals surface area contributed by atoms with Crippen LogP contribution in [0.5, 0.6) is 0 Å². The summed E-state index contributed by atoms with van der Waals surface area (Å²) < 4.78 is 7.17. The summed E-state index contributed by atoms with van der Waals surface area (Å²) in [4.78, 5) is 43.5. The Labute approximate surface area is 180 Å². The number of nitrogens with zero attached hydrogens (tertiary/aromatic N) is 6. The molecular weight excluding hydrogens is 398 g/mol. The molecule has 0 aliphatic carbocycles. The van der Waals surface area contributed by atoms with E-state index < -0.39 is 17.7 Å². The summed E-state index contributed by atoms with van der Waals surface area (Å²) in [6.07, 6.45) is 2.55. The van der Waals surface area contributed by atoms with Crippen molar-refractivity contribution in [1.82, 2.24) is 29.4 Å². The third kappa shape index (κ3) is 4.96. The highest BCUT2D eigenvalue weighted by Crippen LogP contribution is 2.26. The van der Waals surface area contributed by atoms with Gasteiger partial charge in [0.1, 0.15) is 29.3 Å². The second kappa shape index (κ2) is 8.29. The van der Waals surface area contributed by atoms with Crippen molar-refractivity contribution in [3.63, 3.8) is 0 Å². The van der Waals surface area contributed by atoms with Crippen LogP contribution < -0.4 is 5.32 Å². The fraction of sp³-hybridized carbons (Fsp3) is 0.429. The number of ether oxygens (including phenoxy) is 1. The Morgan fingerprint density at radius 2 is 1.90 bits per heavy atom. The minimum Gasteiger partial charge on any atom is -0.444 e. The monoisotopic (exact) mass is 425 g/mol. The average molecular weight is 425 g/mol. The molecule has 3 heterocycles. The number of pyridine rings is 1. The van der Waals surface area contributed by atoms with Crippen molar-refractivity contribution < 1.29 is 14.3 Å². The van der Waals surface area contributed by atoms with Gasteiger partial charge in [0, 0.05) is 25.4 Å². The number of likely N-dealkylation sites (N-methyl/N-ethyl adjacent to an activating group) is 1. The third-order valence-corrected chi connectivity index (χ3v) is 4.63. The zero-order chi connectivity index (χ0) is 22.9. The predicted octanol–water partition coefficient (Wildman–Crippen LogP) is 2.93. The van der Waals surface area contributed by atoms with Gasteiger partial charge >= 0.3 is 6.09 Å². The van der Waals surface area contributed by atoms with E-state index in [1.165, 1.54) is 18.3 Å². The van der Waals surface area contributed by atoms with Crippen LogP contribution in [-0.4, -0.2) is 60.1 Å². The van der Waals surface area contributed by atoms with E-state index in [9.17, 15) is 9.59 Å². The quantitative estimate of drug-likeness (QED) is 0.683. The number of carbonyl (C=O) groups excluding carboxylic acids is 2. The lowest BCUT2D eigenvalue weighted by Crippen LogP contribution is -2.45. The van der Waals surface area contributed by atoms with Gasteiger partial charge in [-0.25, -0.2) is 24.7 Å². The topological polar surface area (TPSA) is 115 Å². The van der Waals surface area contributed by atoms with Crippen LogP contribution in [0.25, 0.3) is 22.4 Å². The molecule has 10 nitrogen and oxygen atoms in total. The molecule has 0 bridgehead atoms. The lowest BCUT2D eigenvalue weighted by molar-refractivity contribution is -0.120. The van der Waals surface area contributed by atoms with Crippen LogP contribution >= 0.6 is 0 Å². The molecule has 0 saturated carbocycles. The van der Waals surface area contributed by atoms with Crippen molar-refractivity contribution in [1.29, 1.82) is 0 Å². The highest BCUT2D eigenvalue weighted by Gasteiger charge is 2.27. The summed E-state index contributed by atoms with van der Waals surface area (Å²) in [5, 5.41) is 2.78. The number of aromatic nitrogens is 5. The van der Waals surface area contributed by atoms with E-state index >= 15 is 0 Å².